The molecular weight excluding hydrogens is 501 g/mol. The third-order valence-electron chi connectivity index (χ3n) is 5.76. The van der Waals surface area contributed by atoms with E-state index in [2.05, 4.69) is 84.6 Å². The predicted molar refractivity (Wildman–Crippen MR) is 140 cm³/mol. The molecule has 1 fully saturated rings. The first-order chi connectivity index (χ1) is 14.3. The molecule has 3 rings (SSSR count). The van der Waals surface area contributed by atoms with Crippen molar-refractivity contribution in [3.63, 3.8) is 0 Å². The van der Waals surface area contributed by atoms with Crippen LogP contribution < -0.4 is 15.5 Å². The van der Waals surface area contributed by atoms with Crippen molar-refractivity contribution in [3.8, 4) is 0 Å². The molecule has 2 heterocycles. The van der Waals surface area contributed by atoms with Gasteiger partial charge in [0, 0.05) is 37.9 Å². The Labute approximate surface area is 204 Å². The molecule has 0 saturated carbocycles. The first-order valence-corrected chi connectivity index (χ1v) is 11.0. The van der Waals surface area contributed by atoms with Gasteiger partial charge in [0.1, 0.15) is 0 Å². The van der Waals surface area contributed by atoms with Crippen molar-refractivity contribution in [1.82, 2.24) is 15.8 Å². The van der Waals surface area contributed by atoms with Crippen molar-refractivity contribution >= 4 is 35.6 Å². The molecule has 0 atom stereocenters. The van der Waals surface area contributed by atoms with E-state index in [0.717, 1.165) is 43.3 Å². The number of benzene rings is 1. The van der Waals surface area contributed by atoms with Gasteiger partial charge in [-0.2, -0.15) is 0 Å². The maximum atomic E-state index is 5.40. The second-order valence-corrected chi connectivity index (χ2v) is 9.50. The zero-order valence-electron chi connectivity index (χ0n) is 19.7. The van der Waals surface area contributed by atoms with E-state index in [1.54, 1.807) is 7.05 Å². The first kappa shape index (κ1) is 25.5. The Balaban J connectivity index is 0.00000341. The molecule has 0 unspecified atom stereocenters. The standard InChI is InChI=1S/C24H37N5O.HI/c1-17(2)22-15-21(30-28-22)16-26-23(25-6)27-19-11-13-29(14-12-19)20-9-7-18(8-10-20)24(3,4)5;/h7-10,15,17,19H,11-14,16H2,1-6H3,(H2,25,26,27);1H. The Hall–Kier alpha value is -1.77. The molecular formula is C24H38IN5O. The molecule has 1 aromatic carbocycles. The molecule has 7 heteroatoms. The summed E-state index contributed by atoms with van der Waals surface area (Å²) in [7, 11) is 1.81. The van der Waals surface area contributed by atoms with E-state index in [0.29, 0.717) is 18.5 Å². The number of nitrogens with one attached hydrogen (secondary N) is 2. The lowest BCUT2D eigenvalue weighted by Gasteiger charge is -2.35. The zero-order chi connectivity index (χ0) is 21.7. The molecule has 2 aromatic rings. The van der Waals surface area contributed by atoms with Gasteiger partial charge in [0.2, 0.25) is 0 Å². The SMILES string of the molecule is CN=C(NCc1cc(C(C)C)no1)NC1CCN(c2ccc(C(C)(C)C)cc2)CC1.I. The van der Waals surface area contributed by atoms with Gasteiger partial charge in [0.15, 0.2) is 11.7 Å². The quantitative estimate of drug-likeness (QED) is 0.317. The predicted octanol–water partition coefficient (Wildman–Crippen LogP) is 5.05. The molecule has 0 aliphatic carbocycles. The summed E-state index contributed by atoms with van der Waals surface area (Å²) in [5, 5.41) is 11.0. The Morgan fingerprint density at radius 2 is 1.84 bits per heavy atom. The number of aliphatic imine (C=N–C) groups is 1. The summed E-state index contributed by atoms with van der Waals surface area (Å²) in [5.41, 5.74) is 3.87. The molecule has 0 bridgehead atoms. The molecule has 1 aliphatic rings. The van der Waals surface area contributed by atoms with Crippen molar-refractivity contribution < 1.29 is 4.52 Å². The van der Waals surface area contributed by atoms with Crippen LogP contribution in [0.5, 0.6) is 0 Å². The van der Waals surface area contributed by atoms with Crippen LogP contribution in [0.2, 0.25) is 0 Å². The lowest BCUT2D eigenvalue weighted by molar-refractivity contribution is 0.371. The Kier molecular flexibility index (Phi) is 9.21. The van der Waals surface area contributed by atoms with Crippen molar-refractivity contribution in [3.05, 3.63) is 47.3 Å². The number of aromatic nitrogens is 1. The topological polar surface area (TPSA) is 65.7 Å². The number of rotatable bonds is 5. The number of hydrogen-bond acceptors (Lipinski definition) is 4. The Morgan fingerprint density at radius 3 is 2.35 bits per heavy atom. The van der Waals surface area contributed by atoms with Gasteiger partial charge in [0.05, 0.1) is 12.2 Å². The fourth-order valence-corrected chi connectivity index (χ4v) is 3.70. The zero-order valence-corrected chi connectivity index (χ0v) is 22.1. The van der Waals surface area contributed by atoms with E-state index in [9.17, 15) is 0 Å². The molecule has 0 spiro atoms. The van der Waals surface area contributed by atoms with Crippen LogP contribution in [-0.4, -0.2) is 37.3 Å². The third-order valence-corrected chi connectivity index (χ3v) is 5.76. The van der Waals surface area contributed by atoms with E-state index < -0.39 is 0 Å². The van der Waals surface area contributed by atoms with Crippen LogP contribution in [-0.2, 0) is 12.0 Å². The van der Waals surface area contributed by atoms with E-state index in [1.807, 2.05) is 6.07 Å². The van der Waals surface area contributed by atoms with Crippen LogP contribution in [0, 0.1) is 0 Å². The smallest absolute Gasteiger partial charge is 0.191 e. The minimum absolute atomic E-state index is 0. The minimum atomic E-state index is 0. The van der Waals surface area contributed by atoms with Crippen LogP contribution in [0.15, 0.2) is 39.8 Å². The highest BCUT2D eigenvalue weighted by Crippen LogP contribution is 2.26. The van der Waals surface area contributed by atoms with E-state index >= 15 is 0 Å². The number of piperidine rings is 1. The number of guanidine groups is 1. The Bertz CT molecular complexity index is 830. The molecule has 6 nitrogen and oxygen atoms in total. The first-order valence-electron chi connectivity index (χ1n) is 11.0. The molecule has 1 aromatic heterocycles. The number of nitrogens with zero attached hydrogens (tertiary/aromatic N) is 3. The summed E-state index contributed by atoms with van der Waals surface area (Å²) in [5.74, 6) is 2.01. The summed E-state index contributed by atoms with van der Waals surface area (Å²) in [4.78, 5) is 6.84. The molecule has 0 radical (unpaired) electrons. The average Bonchev–Trinajstić information content (AvgIpc) is 3.20. The number of anilines is 1. The van der Waals surface area contributed by atoms with E-state index in [1.165, 1.54) is 11.3 Å². The average molecular weight is 540 g/mol. The normalized spacial score (nSPS) is 15.7. The van der Waals surface area contributed by atoms with Crippen molar-refractivity contribution in [1.29, 1.82) is 0 Å². The summed E-state index contributed by atoms with van der Waals surface area (Å²) in [6.45, 7) is 13.7. The maximum absolute atomic E-state index is 5.40. The van der Waals surface area contributed by atoms with Crippen LogP contribution in [0.4, 0.5) is 5.69 Å². The van der Waals surface area contributed by atoms with Gasteiger partial charge in [0.25, 0.3) is 0 Å². The molecule has 31 heavy (non-hydrogen) atoms. The molecule has 1 saturated heterocycles. The van der Waals surface area contributed by atoms with Gasteiger partial charge in [-0.15, -0.1) is 24.0 Å². The molecule has 172 valence electrons. The molecule has 0 amide bonds. The monoisotopic (exact) mass is 539 g/mol. The lowest BCUT2D eigenvalue weighted by Crippen LogP contribution is -2.48. The van der Waals surface area contributed by atoms with Gasteiger partial charge in [-0.05, 0) is 41.9 Å². The van der Waals surface area contributed by atoms with Gasteiger partial charge in [-0.25, -0.2) is 0 Å². The minimum Gasteiger partial charge on any atom is -0.371 e. The van der Waals surface area contributed by atoms with Crippen molar-refractivity contribution in [2.75, 3.05) is 25.0 Å². The summed E-state index contributed by atoms with van der Waals surface area (Å²) in [6.07, 6.45) is 2.17. The lowest BCUT2D eigenvalue weighted by atomic mass is 9.87. The highest BCUT2D eigenvalue weighted by Gasteiger charge is 2.21. The largest absolute Gasteiger partial charge is 0.371 e. The molecule has 1 aliphatic heterocycles. The fourth-order valence-electron chi connectivity index (χ4n) is 3.70. The summed E-state index contributed by atoms with van der Waals surface area (Å²) in [6, 6.07) is 11.5. The van der Waals surface area contributed by atoms with Crippen LogP contribution in [0.3, 0.4) is 0 Å². The summed E-state index contributed by atoms with van der Waals surface area (Å²) >= 11 is 0. The maximum Gasteiger partial charge on any atom is 0.191 e. The van der Waals surface area contributed by atoms with Gasteiger partial charge >= 0.3 is 0 Å². The molecule has 2 N–H and O–H groups in total. The van der Waals surface area contributed by atoms with Crippen molar-refractivity contribution in [2.45, 2.75) is 71.4 Å². The van der Waals surface area contributed by atoms with Crippen LogP contribution >= 0.6 is 24.0 Å². The highest BCUT2D eigenvalue weighted by molar-refractivity contribution is 14.0. The fraction of sp³-hybridized carbons (Fsp3) is 0.583. The van der Waals surface area contributed by atoms with Gasteiger partial charge in [-0.3, -0.25) is 4.99 Å². The van der Waals surface area contributed by atoms with E-state index in [-0.39, 0.29) is 29.4 Å². The van der Waals surface area contributed by atoms with Crippen molar-refractivity contribution in [2.24, 2.45) is 4.99 Å². The van der Waals surface area contributed by atoms with Gasteiger partial charge < -0.3 is 20.1 Å². The number of hydrogen-bond donors (Lipinski definition) is 2. The second kappa shape index (κ2) is 11.2. The third kappa shape index (κ3) is 7.12. The van der Waals surface area contributed by atoms with Crippen LogP contribution in [0.25, 0.3) is 0 Å². The Morgan fingerprint density at radius 1 is 1.19 bits per heavy atom. The summed E-state index contributed by atoms with van der Waals surface area (Å²) < 4.78 is 5.40. The second-order valence-electron chi connectivity index (χ2n) is 9.50. The van der Waals surface area contributed by atoms with Gasteiger partial charge in [-0.1, -0.05) is 51.9 Å². The highest BCUT2D eigenvalue weighted by atomic mass is 127. The van der Waals surface area contributed by atoms with Crippen LogP contribution in [0.1, 0.15) is 70.4 Å². The number of halogens is 1. The van der Waals surface area contributed by atoms with E-state index in [4.69, 9.17) is 4.52 Å².